The Bertz CT molecular complexity index is 476. The Morgan fingerprint density at radius 3 is 3.00 bits per heavy atom. The number of aryl methyl sites for hydroxylation is 1. The fourth-order valence-corrected chi connectivity index (χ4v) is 1.49. The van der Waals surface area contributed by atoms with Gasteiger partial charge in [0.25, 0.3) is 0 Å². The molecule has 2 aromatic rings. The van der Waals surface area contributed by atoms with Gasteiger partial charge in [0, 0.05) is 12.4 Å². The molecule has 0 aliphatic rings. The van der Waals surface area contributed by atoms with Crippen molar-refractivity contribution in [3.63, 3.8) is 0 Å². The van der Waals surface area contributed by atoms with Gasteiger partial charge in [0.05, 0.1) is 23.7 Å². The number of nitriles is 1. The molecule has 0 aliphatic carbocycles. The average molecular weight is 171 g/mol. The van der Waals surface area contributed by atoms with Crippen LogP contribution in [0.5, 0.6) is 0 Å². The molecular weight excluding hydrogens is 162 g/mol. The van der Waals surface area contributed by atoms with Crippen molar-refractivity contribution < 1.29 is 0 Å². The topological polar surface area (TPSA) is 41.6 Å². The zero-order valence-electron chi connectivity index (χ0n) is 7.36. The van der Waals surface area contributed by atoms with Gasteiger partial charge in [-0.15, -0.1) is 0 Å². The van der Waals surface area contributed by atoms with Gasteiger partial charge in [-0.3, -0.25) is 4.68 Å². The number of hydrogen-bond donors (Lipinski definition) is 0. The second-order valence-corrected chi connectivity index (χ2v) is 2.92. The van der Waals surface area contributed by atoms with Crippen LogP contribution in [-0.4, -0.2) is 9.78 Å². The molecule has 0 spiro atoms. The summed E-state index contributed by atoms with van der Waals surface area (Å²) < 4.78 is 1.81. The van der Waals surface area contributed by atoms with E-state index in [1.165, 1.54) is 0 Å². The number of para-hydroxylation sites is 1. The van der Waals surface area contributed by atoms with Gasteiger partial charge in [-0.25, -0.2) is 0 Å². The van der Waals surface area contributed by atoms with Crippen molar-refractivity contribution in [2.45, 2.75) is 6.42 Å². The summed E-state index contributed by atoms with van der Waals surface area (Å²) in [6, 6.07) is 10.0. The highest BCUT2D eigenvalue weighted by Gasteiger charge is 2.05. The predicted molar refractivity (Wildman–Crippen MR) is 50.0 cm³/mol. The highest BCUT2D eigenvalue weighted by Crippen LogP contribution is 2.17. The summed E-state index contributed by atoms with van der Waals surface area (Å²) >= 11 is 0. The number of benzene rings is 1. The monoisotopic (exact) mass is 171 g/mol. The van der Waals surface area contributed by atoms with Gasteiger partial charge in [-0.1, -0.05) is 18.2 Å². The highest BCUT2D eigenvalue weighted by molar-refractivity contribution is 5.82. The van der Waals surface area contributed by atoms with Gasteiger partial charge in [-0.05, 0) is 6.07 Å². The number of nitrogens with zero attached hydrogens (tertiary/aromatic N) is 3. The first-order chi connectivity index (χ1) is 6.33. The number of hydrogen-bond acceptors (Lipinski definition) is 2. The zero-order valence-corrected chi connectivity index (χ0v) is 7.36. The molecule has 0 aliphatic heterocycles. The van der Waals surface area contributed by atoms with E-state index < -0.39 is 0 Å². The molecule has 1 aromatic heterocycles. The fraction of sp³-hybridized carbons (Fsp3) is 0.200. The zero-order chi connectivity index (χ0) is 9.26. The summed E-state index contributed by atoms with van der Waals surface area (Å²) in [5, 5.41) is 13.9. The Hall–Kier alpha value is -1.82. The Morgan fingerprint density at radius 1 is 1.46 bits per heavy atom. The standard InChI is InChI=1S/C10H9N3/c1-13-10-5-3-2-4-8(10)9(12-13)6-7-11/h2-5H,6H2,1H3. The summed E-state index contributed by atoms with van der Waals surface area (Å²) in [7, 11) is 1.89. The van der Waals surface area contributed by atoms with Crippen LogP contribution < -0.4 is 0 Å². The maximum Gasteiger partial charge on any atom is 0.0843 e. The Balaban J connectivity index is 2.72. The van der Waals surface area contributed by atoms with Crippen LogP contribution in [0.2, 0.25) is 0 Å². The lowest BCUT2D eigenvalue weighted by molar-refractivity contribution is 0.777. The maximum absolute atomic E-state index is 8.59. The number of aromatic nitrogens is 2. The lowest BCUT2D eigenvalue weighted by Crippen LogP contribution is -1.90. The summed E-state index contributed by atoms with van der Waals surface area (Å²) in [4.78, 5) is 0. The first-order valence-electron chi connectivity index (χ1n) is 4.10. The van der Waals surface area contributed by atoms with Crippen molar-refractivity contribution in [3.05, 3.63) is 30.0 Å². The van der Waals surface area contributed by atoms with Crippen LogP contribution in [0.25, 0.3) is 10.9 Å². The maximum atomic E-state index is 8.59. The molecule has 0 atom stereocenters. The van der Waals surface area contributed by atoms with Crippen molar-refractivity contribution >= 4 is 10.9 Å². The molecule has 1 heterocycles. The molecule has 0 radical (unpaired) electrons. The van der Waals surface area contributed by atoms with Crippen LogP contribution >= 0.6 is 0 Å². The first kappa shape index (κ1) is 7.81. The van der Waals surface area contributed by atoms with Crippen molar-refractivity contribution in [1.82, 2.24) is 9.78 Å². The predicted octanol–water partition coefficient (Wildman–Crippen LogP) is 1.64. The summed E-state index contributed by atoms with van der Waals surface area (Å²) in [5.41, 5.74) is 1.94. The van der Waals surface area contributed by atoms with Gasteiger partial charge in [-0.2, -0.15) is 10.4 Å². The lowest BCUT2D eigenvalue weighted by Gasteiger charge is -1.90. The van der Waals surface area contributed by atoms with Gasteiger partial charge < -0.3 is 0 Å². The van der Waals surface area contributed by atoms with E-state index in [-0.39, 0.29) is 0 Å². The molecular formula is C10H9N3. The fourth-order valence-electron chi connectivity index (χ4n) is 1.49. The summed E-state index contributed by atoms with van der Waals surface area (Å²) in [6.07, 6.45) is 0.376. The van der Waals surface area contributed by atoms with Crippen LogP contribution in [0.1, 0.15) is 5.69 Å². The number of rotatable bonds is 1. The molecule has 0 N–H and O–H groups in total. The molecule has 1 aromatic carbocycles. The normalized spacial score (nSPS) is 10.2. The molecule has 0 amide bonds. The largest absolute Gasteiger partial charge is 0.268 e. The molecule has 0 saturated carbocycles. The van der Waals surface area contributed by atoms with Crippen molar-refractivity contribution in [2.75, 3.05) is 0 Å². The van der Waals surface area contributed by atoms with Gasteiger partial charge in [0.2, 0.25) is 0 Å². The third kappa shape index (κ3) is 1.17. The van der Waals surface area contributed by atoms with E-state index in [4.69, 9.17) is 5.26 Å². The van der Waals surface area contributed by atoms with Gasteiger partial charge >= 0.3 is 0 Å². The minimum Gasteiger partial charge on any atom is -0.268 e. The minimum atomic E-state index is 0.376. The van der Waals surface area contributed by atoms with E-state index >= 15 is 0 Å². The van der Waals surface area contributed by atoms with E-state index in [0.29, 0.717) is 6.42 Å². The SMILES string of the molecule is Cn1nc(CC#N)c2ccccc21. The van der Waals surface area contributed by atoms with E-state index in [0.717, 1.165) is 16.6 Å². The van der Waals surface area contributed by atoms with Crippen LogP contribution in [0.15, 0.2) is 24.3 Å². The summed E-state index contributed by atoms with van der Waals surface area (Å²) in [5.74, 6) is 0. The summed E-state index contributed by atoms with van der Waals surface area (Å²) in [6.45, 7) is 0. The Morgan fingerprint density at radius 2 is 2.23 bits per heavy atom. The molecule has 64 valence electrons. The average Bonchev–Trinajstić information content (AvgIpc) is 2.46. The van der Waals surface area contributed by atoms with E-state index in [1.807, 2.05) is 36.0 Å². The van der Waals surface area contributed by atoms with Crippen molar-refractivity contribution in [2.24, 2.45) is 7.05 Å². The molecule has 0 saturated heterocycles. The third-order valence-electron chi connectivity index (χ3n) is 2.08. The Labute approximate surface area is 76.2 Å². The molecule has 0 fully saturated rings. The molecule has 13 heavy (non-hydrogen) atoms. The van der Waals surface area contributed by atoms with Gasteiger partial charge in [0.1, 0.15) is 0 Å². The second-order valence-electron chi connectivity index (χ2n) is 2.92. The van der Waals surface area contributed by atoms with Crippen LogP contribution in [0.3, 0.4) is 0 Å². The number of fused-ring (bicyclic) bond motifs is 1. The first-order valence-corrected chi connectivity index (χ1v) is 4.10. The Kier molecular flexibility index (Phi) is 1.75. The molecule has 2 rings (SSSR count). The molecule has 3 heteroatoms. The van der Waals surface area contributed by atoms with Crippen molar-refractivity contribution in [3.8, 4) is 6.07 Å². The van der Waals surface area contributed by atoms with E-state index in [2.05, 4.69) is 11.2 Å². The lowest BCUT2D eigenvalue weighted by atomic mass is 10.2. The quantitative estimate of drug-likeness (QED) is 0.654. The smallest absolute Gasteiger partial charge is 0.0843 e. The highest BCUT2D eigenvalue weighted by atomic mass is 15.3. The van der Waals surface area contributed by atoms with Crippen LogP contribution in [0, 0.1) is 11.3 Å². The second kappa shape index (κ2) is 2.91. The van der Waals surface area contributed by atoms with Gasteiger partial charge in [0.15, 0.2) is 0 Å². The van der Waals surface area contributed by atoms with Crippen molar-refractivity contribution in [1.29, 1.82) is 5.26 Å². The molecule has 3 nitrogen and oxygen atoms in total. The third-order valence-corrected chi connectivity index (χ3v) is 2.08. The minimum absolute atomic E-state index is 0.376. The van der Waals surface area contributed by atoms with E-state index in [9.17, 15) is 0 Å². The van der Waals surface area contributed by atoms with Crippen LogP contribution in [-0.2, 0) is 13.5 Å². The van der Waals surface area contributed by atoms with E-state index in [1.54, 1.807) is 0 Å². The molecule has 0 bridgehead atoms. The molecule has 0 unspecified atom stereocenters. The van der Waals surface area contributed by atoms with Crippen LogP contribution in [0.4, 0.5) is 0 Å².